The first-order valence-electron chi connectivity index (χ1n) is 4.71. The van der Waals surface area contributed by atoms with Gasteiger partial charge in [0.25, 0.3) is 0 Å². The molecule has 1 aromatic carbocycles. The van der Waals surface area contributed by atoms with E-state index in [2.05, 4.69) is 10.5 Å². The average Bonchev–Trinajstić information content (AvgIpc) is 2.57. The maximum atomic E-state index is 13.0. The first-order chi connectivity index (χ1) is 7.16. The summed E-state index contributed by atoms with van der Waals surface area (Å²) in [4.78, 5) is 0. The van der Waals surface area contributed by atoms with Gasteiger partial charge in [-0.25, -0.2) is 4.39 Å². The minimum Gasteiger partial charge on any atom is -0.365 e. The van der Waals surface area contributed by atoms with Crippen LogP contribution in [0, 0.1) is 5.82 Å². The second-order valence-corrected chi connectivity index (χ2v) is 3.53. The fourth-order valence-electron chi connectivity index (χ4n) is 1.30. The van der Waals surface area contributed by atoms with Gasteiger partial charge in [0.05, 0.1) is 5.39 Å². The lowest BCUT2D eigenvalue weighted by Crippen LogP contribution is -2.25. The molecule has 5 heteroatoms. The Kier molecular flexibility index (Phi) is 2.55. The molecular weight excluding hydrogens is 197 g/mol. The van der Waals surface area contributed by atoms with Crippen LogP contribution in [0.5, 0.6) is 0 Å². The molecule has 1 aromatic heterocycles. The summed E-state index contributed by atoms with van der Waals surface area (Å²) in [5.41, 5.74) is 6.15. The van der Waals surface area contributed by atoms with E-state index in [1.807, 2.05) is 6.92 Å². The number of rotatable bonds is 3. The number of nitrogens with one attached hydrogen (secondary N) is 1. The second kappa shape index (κ2) is 3.86. The van der Waals surface area contributed by atoms with Gasteiger partial charge in [-0.2, -0.15) is 0 Å². The second-order valence-electron chi connectivity index (χ2n) is 3.53. The first kappa shape index (κ1) is 9.92. The Balaban J connectivity index is 2.31. The monoisotopic (exact) mass is 209 g/mol. The highest BCUT2D eigenvalue weighted by Gasteiger charge is 2.08. The summed E-state index contributed by atoms with van der Waals surface area (Å²) in [6.45, 7) is 2.44. The number of hydrogen-bond donors (Lipinski definition) is 2. The normalized spacial score (nSPS) is 13.0. The Hall–Kier alpha value is -1.62. The lowest BCUT2D eigenvalue weighted by Gasteiger charge is -2.05. The number of nitrogens with two attached hydrogens (primary N) is 1. The summed E-state index contributed by atoms with van der Waals surface area (Å²) in [6, 6.07) is 4.28. The van der Waals surface area contributed by atoms with Crippen molar-refractivity contribution < 1.29 is 8.91 Å². The quantitative estimate of drug-likeness (QED) is 0.808. The van der Waals surface area contributed by atoms with E-state index in [9.17, 15) is 4.39 Å². The predicted octanol–water partition coefficient (Wildman–Crippen LogP) is 1.73. The van der Waals surface area contributed by atoms with Gasteiger partial charge in [-0.15, -0.1) is 0 Å². The average molecular weight is 209 g/mol. The Morgan fingerprint density at radius 2 is 2.40 bits per heavy atom. The Morgan fingerprint density at radius 3 is 3.13 bits per heavy atom. The number of aromatic nitrogens is 1. The van der Waals surface area contributed by atoms with Gasteiger partial charge >= 0.3 is 0 Å². The SMILES string of the molecule is CC(N)CNc1noc2ccc(F)cc12. The van der Waals surface area contributed by atoms with Crippen molar-refractivity contribution in [1.82, 2.24) is 5.16 Å². The molecule has 0 saturated heterocycles. The summed E-state index contributed by atoms with van der Waals surface area (Å²) in [5, 5.41) is 7.43. The third kappa shape index (κ3) is 2.07. The van der Waals surface area contributed by atoms with E-state index < -0.39 is 0 Å². The highest BCUT2D eigenvalue weighted by atomic mass is 19.1. The highest BCUT2D eigenvalue weighted by molar-refractivity contribution is 5.87. The van der Waals surface area contributed by atoms with E-state index in [0.29, 0.717) is 23.3 Å². The van der Waals surface area contributed by atoms with Gasteiger partial charge in [0.2, 0.25) is 0 Å². The van der Waals surface area contributed by atoms with E-state index in [4.69, 9.17) is 10.3 Å². The molecule has 1 atom stereocenters. The van der Waals surface area contributed by atoms with E-state index in [1.54, 1.807) is 6.07 Å². The minimum atomic E-state index is -0.311. The molecule has 2 rings (SSSR count). The van der Waals surface area contributed by atoms with E-state index >= 15 is 0 Å². The molecule has 0 saturated carbocycles. The fourth-order valence-corrected chi connectivity index (χ4v) is 1.30. The molecule has 4 nitrogen and oxygen atoms in total. The van der Waals surface area contributed by atoms with Gasteiger partial charge in [-0.1, -0.05) is 5.16 Å². The van der Waals surface area contributed by atoms with Crippen LogP contribution in [0.25, 0.3) is 11.0 Å². The molecule has 2 aromatic rings. The van der Waals surface area contributed by atoms with Gasteiger partial charge in [0.1, 0.15) is 5.82 Å². The Labute approximate surface area is 86.2 Å². The van der Waals surface area contributed by atoms with Crippen LogP contribution >= 0.6 is 0 Å². The van der Waals surface area contributed by atoms with Crippen LogP contribution in [0.2, 0.25) is 0 Å². The lowest BCUT2D eigenvalue weighted by molar-refractivity contribution is 0.459. The van der Waals surface area contributed by atoms with Gasteiger partial charge in [-0.3, -0.25) is 0 Å². The summed E-state index contributed by atoms with van der Waals surface area (Å²) in [6.07, 6.45) is 0. The standard InChI is InChI=1S/C10H12FN3O/c1-6(12)5-13-10-8-4-7(11)2-3-9(8)15-14-10/h2-4,6H,5,12H2,1H3,(H,13,14). The molecule has 80 valence electrons. The molecule has 15 heavy (non-hydrogen) atoms. The predicted molar refractivity (Wildman–Crippen MR) is 56.1 cm³/mol. The molecule has 0 aliphatic carbocycles. The topological polar surface area (TPSA) is 64.1 Å². The summed E-state index contributed by atoms with van der Waals surface area (Å²) < 4.78 is 18.0. The van der Waals surface area contributed by atoms with Crippen molar-refractivity contribution in [3.63, 3.8) is 0 Å². The molecule has 1 unspecified atom stereocenters. The molecule has 0 aliphatic rings. The number of fused-ring (bicyclic) bond motifs is 1. The van der Waals surface area contributed by atoms with E-state index in [1.165, 1.54) is 12.1 Å². The molecule has 0 spiro atoms. The Morgan fingerprint density at radius 1 is 1.60 bits per heavy atom. The zero-order valence-corrected chi connectivity index (χ0v) is 8.33. The molecule has 1 heterocycles. The third-order valence-electron chi connectivity index (χ3n) is 2.02. The fraction of sp³-hybridized carbons (Fsp3) is 0.300. The van der Waals surface area contributed by atoms with Crippen molar-refractivity contribution in [3.8, 4) is 0 Å². The van der Waals surface area contributed by atoms with Crippen molar-refractivity contribution in [3.05, 3.63) is 24.0 Å². The number of halogens is 1. The third-order valence-corrected chi connectivity index (χ3v) is 2.02. The van der Waals surface area contributed by atoms with Crippen LogP contribution in [0.3, 0.4) is 0 Å². The zero-order valence-electron chi connectivity index (χ0n) is 8.33. The maximum absolute atomic E-state index is 13.0. The summed E-state index contributed by atoms with van der Waals surface area (Å²) >= 11 is 0. The minimum absolute atomic E-state index is 0.00492. The summed E-state index contributed by atoms with van der Waals surface area (Å²) in [7, 11) is 0. The summed E-state index contributed by atoms with van der Waals surface area (Å²) in [5.74, 6) is 0.219. The molecule has 0 fully saturated rings. The van der Waals surface area contributed by atoms with Gasteiger partial charge in [0, 0.05) is 12.6 Å². The molecule has 0 aliphatic heterocycles. The van der Waals surface area contributed by atoms with Gasteiger partial charge < -0.3 is 15.6 Å². The largest absolute Gasteiger partial charge is 0.365 e. The van der Waals surface area contributed by atoms with Crippen LogP contribution in [-0.4, -0.2) is 17.7 Å². The zero-order chi connectivity index (χ0) is 10.8. The molecule has 0 amide bonds. The molecule has 0 radical (unpaired) electrons. The number of hydrogen-bond acceptors (Lipinski definition) is 4. The van der Waals surface area contributed by atoms with Crippen molar-refractivity contribution in [2.24, 2.45) is 5.73 Å². The van der Waals surface area contributed by atoms with Crippen LogP contribution < -0.4 is 11.1 Å². The number of nitrogens with zero attached hydrogens (tertiary/aromatic N) is 1. The maximum Gasteiger partial charge on any atom is 0.177 e. The molecular formula is C10H12FN3O. The lowest BCUT2D eigenvalue weighted by atomic mass is 10.2. The van der Waals surface area contributed by atoms with Crippen molar-refractivity contribution >= 4 is 16.8 Å². The van der Waals surface area contributed by atoms with Gasteiger partial charge in [0.15, 0.2) is 11.4 Å². The molecule has 3 N–H and O–H groups in total. The van der Waals surface area contributed by atoms with Crippen LogP contribution in [-0.2, 0) is 0 Å². The van der Waals surface area contributed by atoms with Gasteiger partial charge in [-0.05, 0) is 25.1 Å². The number of anilines is 1. The van der Waals surface area contributed by atoms with Crippen LogP contribution in [0.4, 0.5) is 10.2 Å². The van der Waals surface area contributed by atoms with Crippen LogP contribution in [0.1, 0.15) is 6.92 Å². The smallest absolute Gasteiger partial charge is 0.177 e. The van der Waals surface area contributed by atoms with Crippen molar-refractivity contribution in [1.29, 1.82) is 0 Å². The van der Waals surface area contributed by atoms with Crippen molar-refractivity contribution in [2.45, 2.75) is 13.0 Å². The molecule has 0 bridgehead atoms. The first-order valence-corrected chi connectivity index (χ1v) is 4.71. The highest BCUT2D eigenvalue weighted by Crippen LogP contribution is 2.23. The van der Waals surface area contributed by atoms with Crippen molar-refractivity contribution in [2.75, 3.05) is 11.9 Å². The van der Waals surface area contributed by atoms with Crippen LogP contribution in [0.15, 0.2) is 22.7 Å². The van der Waals surface area contributed by atoms with E-state index in [0.717, 1.165) is 0 Å². The Bertz CT molecular complexity index is 467. The number of benzene rings is 1. The van der Waals surface area contributed by atoms with E-state index in [-0.39, 0.29) is 11.9 Å².